The molecule has 0 saturated carbocycles. The summed E-state index contributed by atoms with van der Waals surface area (Å²) < 4.78 is 18.1. The van der Waals surface area contributed by atoms with Crippen LogP contribution in [0, 0.1) is 5.82 Å². The Kier molecular flexibility index (Phi) is 5.80. The van der Waals surface area contributed by atoms with Crippen molar-refractivity contribution in [2.75, 3.05) is 18.1 Å². The van der Waals surface area contributed by atoms with E-state index in [2.05, 4.69) is 10.5 Å². The molecule has 1 heterocycles. The van der Waals surface area contributed by atoms with Crippen LogP contribution in [0.15, 0.2) is 53.6 Å². The zero-order valence-corrected chi connectivity index (χ0v) is 14.9. The third kappa shape index (κ3) is 4.91. The van der Waals surface area contributed by atoms with E-state index in [1.54, 1.807) is 11.8 Å². The van der Waals surface area contributed by atoms with E-state index in [9.17, 15) is 14.0 Å². The molecule has 1 fully saturated rings. The second-order valence-electron chi connectivity index (χ2n) is 6.17. The van der Waals surface area contributed by atoms with Crippen LogP contribution in [0.2, 0.25) is 0 Å². The number of benzene rings is 2. The van der Waals surface area contributed by atoms with Crippen molar-refractivity contribution in [3.8, 4) is 5.75 Å². The molecule has 2 aromatic rings. The minimum atomic E-state index is -0.426. The van der Waals surface area contributed by atoms with Crippen molar-refractivity contribution in [2.24, 2.45) is 5.10 Å². The lowest BCUT2D eigenvalue weighted by Gasteiger charge is -2.16. The molecule has 1 saturated heterocycles. The maximum absolute atomic E-state index is 12.8. The number of nitrogens with one attached hydrogen (secondary N) is 1. The highest BCUT2D eigenvalue weighted by Gasteiger charge is 2.21. The molecule has 1 aliphatic rings. The first kappa shape index (κ1) is 18.6. The highest BCUT2D eigenvalue weighted by Crippen LogP contribution is 2.22. The first-order valence-electron chi connectivity index (χ1n) is 8.65. The maximum atomic E-state index is 12.8. The van der Waals surface area contributed by atoms with Crippen LogP contribution < -0.4 is 15.1 Å². The number of carbonyl (C=O) groups excluding carboxylic acids is 2. The van der Waals surface area contributed by atoms with E-state index in [0.29, 0.717) is 17.9 Å². The van der Waals surface area contributed by atoms with E-state index in [0.717, 1.165) is 24.2 Å². The zero-order valence-electron chi connectivity index (χ0n) is 14.9. The predicted octanol–water partition coefficient (Wildman–Crippen LogP) is 2.87. The third-order valence-corrected chi connectivity index (χ3v) is 4.18. The lowest BCUT2D eigenvalue weighted by Crippen LogP contribution is -2.26. The number of anilines is 1. The Bertz CT molecular complexity index is 865. The number of amides is 2. The highest BCUT2D eigenvalue weighted by atomic mass is 19.1. The van der Waals surface area contributed by atoms with Gasteiger partial charge >= 0.3 is 0 Å². The van der Waals surface area contributed by atoms with Gasteiger partial charge in [0.1, 0.15) is 11.6 Å². The van der Waals surface area contributed by atoms with Gasteiger partial charge in [-0.1, -0.05) is 12.1 Å². The van der Waals surface area contributed by atoms with E-state index in [-0.39, 0.29) is 18.3 Å². The molecule has 2 aromatic carbocycles. The standard InChI is InChI=1S/C20H20FN3O3/c1-14(15-4-2-5-17(12-15)24-11-3-6-20(24)26)22-23-19(25)13-27-18-9-7-16(21)8-10-18/h2,4-5,7-10,12H,3,6,11,13H2,1H3,(H,23,25)/b22-14-. The Morgan fingerprint density at radius 1 is 1.26 bits per heavy atom. The van der Waals surface area contributed by atoms with Crippen molar-refractivity contribution in [3.05, 3.63) is 59.9 Å². The fourth-order valence-corrected chi connectivity index (χ4v) is 2.74. The average molecular weight is 369 g/mol. The smallest absolute Gasteiger partial charge is 0.277 e. The van der Waals surface area contributed by atoms with Crippen LogP contribution in [0.3, 0.4) is 0 Å². The van der Waals surface area contributed by atoms with Crippen LogP contribution in [0.4, 0.5) is 10.1 Å². The number of nitrogens with zero attached hydrogens (tertiary/aromatic N) is 2. The van der Waals surface area contributed by atoms with Crippen LogP contribution in [-0.2, 0) is 9.59 Å². The van der Waals surface area contributed by atoms with Gasteiger partial charge in [0.2, 0.25) is 5.91 Å². The molecule has 0 radical (unpaired) electrons. The molecule has 0 spiro atoms. The van der Waals surface area contributed by atoms with Gasteiger partial charge in [0.05, 0.1) is 5.71 Å². The van der Waals surface area contributed by atoms with Gasteiger partial charge in [-0.25, -0.2) is 9.82 Å². The molecule has 27 heavy (non-hydrogen) atoms. The van der Waals surface area contributed by atoms with Crippen LogP contribution in [0.5, 0.6) is 5.75 Å². The Balaban J connectivity index is 1.57. The summed E-state index contributed by atoms with van der Waals surface area (Å²) in [5, 5.41) is 4.08. The summed E-state index contributed by atoms with van der Waals surface area (Å²) in [5.41, 5.74) is 4.68. The Hall–Kier alpha value is -3.22. The number of hydrazone groups is 1. The molecule has 140 valence electrons. The molecule has 3 rings (SSSR count). The van der Waals surface area contributed by atoms with E-state index >= 15 is 0 Å². The first-order valence-corrected chi connectivity index (χ1v) is 8.65. The van der Waals surface area contributed by atoms with Crippen molar-refractivity contribution in [3.63, 3.8) is 0 Å². The first-order chi connectivity index (χ1) is 13.0. The van der Waals surface area contributed by atoms with E-state index in [4.69, 9.17) is 4.74 Å². The summed E-state index contributed by atoms with van der Waals surface area (Å²) in [6.45, 7) is 2.26. The number of halogens is 1. The Morgan fingerprint density at radius 3 is 2.74 bits per heavy atom. The minimum absolute atomic E-state index is 0.119. The summed E-state index contributed by atoms with van der Waals surface area (Å²) in [6, 6.07) is 12.9. The summed E-state index contributed by atoms with van der Waals surface area (Å²) >= 11 is 0. The second-order valence-corrected chi connectivity index (χ2v) is 6.17. The summed E-state index contributed by atoms with van der Waals surface area (Å²) in [4.78, 5) is 25.5. The molecule has 1 aliphatic heterocycles. The molecular weight excluding hydrogens is 349 g/mol. The molecule has 0 aliphatic carbocycles. The molecule has 2 amide bonds. The lowest BCUT2D eigenvalue weighted by atomic mass is 10.1. The predicted molar refractivity (Wildman–Crippen MR) is 100 cm³/mol. The molecule has 6 nitrogen and oxygen atoms in total. The Labute approximate surface area is 156 Å². The van der Waals surface area contributed by atoms with Crippen molar-refractivity contribution in [1.82, 2.24) is 5.43 Å². The second kappa shape index (κ2) is 8.44. The average Bonchev–Trinajstić information content (AvgIpc) is 3.11. The molecule has 0 unspecified atom stereocenters. The van der Waals surface area contributed by atoms with Gasteiger partial charge in [0.25, 0.3) is 5.91 Å². The van der Waals surface area contributed by atoms with Gasteiger partial charge < -0.3 is 9.64 Å². The summed E-state index contributed by atoms with van der Waals surface area (Å²) in [7, 11) is 0. The van der Waals surface area contributed by atoms with Crippen molar-refractivity contribution in [2.45, 2.75) is 19.8 Å². The molecule has 0 atom stereocenters. The third-order valence-electron chi connectivity index (χ3n) is 4.18. The quantitative estimate of drug-likeness (QED) is 0.629. The van der Waals surface area contributed by atoms with Crippen LogP contribution in [-0.4, -0.2) is 30.7 Å². The number of ether oxygens (including phenoxy) is 1. The zero-order chi connectivity index (χ0) is 19.2. The van der Waals surface area contributed by atoms with Gasteiger partial charge in [-0.05, 0) is 55.3 Å². The van der Waals surface area contributed by atoms with Gasteiger partial charge in [-0.2, -0.15) is 5.10 Å². The van der Waals surface area contributed by atoms with Crippen molar-refractivity contribution < 1.29 is 18.7 Å². The highest BCUT2D eigenvalue weighted by molar-refractivity contribution is 6.01. The van der Waals surface area contributed by atoms with Gasteiger partial charge in [-0.15, -0.1) is 0 Å². The molecule has 1 N–H and O–H groups in total. The fraction of sp³-hybridized carbons (Fsp3) is 0.250. The minimum Gasteiger partial charge on any atom is -0.484 e. The topological polar surface area (TPSA) is 71.0 Å². The van der Waals surface area contributed by atoms with Gasteiger partial charge in [0, 0.05) is 18.7 Å². The molecule has 7 heteroatoms. The maximum Gasteiger partial charge on any atom is 0.277 e. The molecular formula is C20H20FN3O3. The van der Waals surface area contributed by atoms with Crippen LogP contribution in [0.1, 0.15) is 25.3 Å². The number of hydrogen-bond acceptors (Lipinski definition) is 4. The molecule has 0 bridgehead atoms. The largest absolute Gasteiger partial charge is 0.484 e. The van der Waals surface area contributed by atoms with Gasteiger partial charge in [0.15, 0.2) is 6.61 Å². The van der Waals surface area contributed by atoms with Crippen LogP contribution >= 0.6 is 0 Å². The summed E-state index contributed by atoms with van der Waals surface area (Å²) in [6.07, 6.45) is 1.43. The van der Waals surface area contributed by atoms with E-state index in [1.807, 2.05) is 24.3 Å². The normalized spacial score (nSPS) is 14.4. The Morgan fingerprint density at radius 2 is 2.04 bits per heavy atom. The van der Waals surface area contributed by atoms with Crippen LogP contribution in [0.25, 0.3) is 0 Å². The van der Waals surface area contributed by atoms with E-state index in [1.165, 1.54) is 24.3 Å². The fourth-order valence-electron chi connectivity index (χ4n) is 2.74. The SMILES string of the molecule is C/C(=N/NC(=O)COc1ccc(F)cc1)c1cccc(N2CCCC2=O)c1. The lowest BCUT2D eigenvalue weighted by molar-refractivity contribution is -0.123. The van der Waals surface area contributed by atoms with Crippen molar-refractivity contribution >= 4 is 23.2 Å². The van der Waals surface area contributed by atoms with Gasteiger partial charge in [-0.3, -0.25) is 9.59 Å². The number of rotatable bonds is 6. The number of hydrogen-bond donors (Lipinski definition) is 1. The monoisotopic (exact) mass is 369 g/mol. The van der Waals surface area contributed by atoms with E-state index < -0.39 is 5.91 Å². The molecule has 0 aromatic heterocycles. The number of carbonyl (C=O) groups is 2. The summed E-state index contributed by atoms with van der Waals surface area (Å²) in [5.74, 6) is -0.280. The van der Waals surface area contributed by atoms with Crippen molar-refractivity contribution in [1.29, 1.82) is 0 Å².